The molecular formula is C20H22ClNO4S. The lowest BCUT2D eigenvalue weighted by Crippen LogP contribution is -2.42. The van der Waals surface area contributed by atoms with Crippen molar-refractivity contribution in [3.05, 3.63) is 64.7 Å². The summed E-state index contributed by atoms with van der Waals surface area (Å²) in [7, 11) is 0. The number of ether oxygens (including phenoxy) is 1. The van der Waals surface area contributed by atoms with Crippen molar-refractivity contribution >= 4 is 29.5 Å². The number of benzene rings is 2. The quantitative estimate of drug-likeness (QED) is 0.618. The molecule has 0 aliphatic heterocycles. The Morgan fingerprint density at radius 2 is 2.00 bits per heavy atom. The lowest BCUT2D eigenvalue weighted by Gasteiger charge is -2.23. The zero-order valence-corrected chi connectivity index (χ0v) is 16.2. The molecule has 0 radical (unpaired) electrons. The van der Waals surface area contributed by atoms with Gasteiger partial charge in [-0.1, -0.05) is 48.0 Å². The number of thioether (sulfide) groups is 1. The second kappa shape index (κ2) is 9.46. The van der Waals surface area contributed by atoms with Crippen molar-refractivity contribution < 1.29 is 19.7 Å². The first-order valence-electron chi connectivity index (χ1n) is 8.79. The maximum absolute atomic E-state index is 12.0. The van der Waals surface area contributed by atoms with E-state index in [-0.39, 0.29) is 6.61 Å². The van der Waals surface area contributed by atoms with Gasteiger partial charge < -0.3 is 20.3 Å². The van der Waals surface area contributed by atoms with Crippen LogP contribution in [0.2, 0.25) is 5.02 Å². The van der Waals surface area contributed by atoms with Crippen LogP contribution in [-0.4, -0.2) is 34.2 Å². The van der Waals surface area contributed by atoms with Gasteiger partial charge in [-0.05, 0) is 36.1 Å². The van der Waals surface area contributed by atoms with Crippen LogP contribution >= 0.6 is 23.4 Å². The highest BCUT2D eigenvalue weighted by molar-refractivity contribution is 8.00. The van der Waals surface area contributed by atoms with Gasteiger partial charge >= 0.3 is 6.09 Å². The van der Waals surface area contributed by atoms with Crippen molar-refractivity contribution in [3.63, 3.8) is 0 Å². The highest BCUT2D eigenvalue weighted by Gasteiger charge is 2.26. The first kappa shape index (κ1) is 20.0. The Bertz CT molecular complexity index is 770. The maximum Gasteiger partial charge on any atom is 0.407 e. The Balaban J connectivity index is 1.57. The predicted octanol–water partition coefficient (Wildman–Crippen LogP) is 3.92. The number of hydrogen-bond donors (Lipinski definition) is 3. The normalized spacial score (nSPS) is 15.8. The molecule has 1 saturated carbocycles. The second-order valence-corrected chi connectivity index (χ2v) is 8.20. The largest absolute Gasteiger partial charge is 0.445 e. The third-order valence-electron chi connectivity index (χ3n) is 4.21. The van der Waals surface area contributed by atoms with Gasteiger partial charge in [-0.3, -0.25) is 0 Å². The lowest BCUT2D eigenvalue weighted by molar-refractivity contribution is 0.0763. The molecule has 27 heavy (non-hydrogen) atoms. The number of rotatable bonds is 8. The number of aliphatic hydroxyl groups excluding tert-OH is 2. The molecule has 1 aliphatic carbocycles. The summed E-state index contributed by atoms with van der Waals surface area (Å²) in [6.45, 7) is -0.322. The van der Waals surface area contributed by atoms with Gasteiger partial charge in [0.15, 0.2) is 0 Å². The van der Waals surface area contributed by atoms with E-state index in [0.717, 1.165) is 10.5 Å². The van der Waals surface area contributed by atoms with E-state index < -0.39 is 24.8 Å². The number of nitrogens with one attached hydrogen (secondary N) is 1. The highest BCUT2D eigenvalue weighted by Crippen LogP contribution is 2.42. The zero-order valence-electron chi connectivity index (χ0n) is 14.7. The van der Waals surface area contributed by atoms with Crippen molar-refractivity contribution in [1.82, 2.24) is 5.32 Å². The Morgan fingerprint density at radius 1 is 1.26 bits per heavy atom. The topological polar surface area (TPSA) is 78.8 Å². The fraction of sp³-hybridized carbons (Fsp3) is 0.350. The van der Waals surface area contributed by atoms with Gasteiger partial charge in [0.05, 0.1) is 17.7 Å². The first-order valence-corrected chi connectivity index (χ1v) is 10.0. The monoisotopic (exact) mass is 407 g/mol. The van der Waals surface area contributed by atoms with Gasteiger partial charge in [-0.25, -0.2) is 4.79 Å². The molecule has 0 bridgehead atoms. The van der Waals surface area contributed by atoms with Crippen molar-refractivity contribution in [2.45, 2.75) is 41.7 Å². The molecule has 0 unspecified atom stereocenters. The minimum absolute atomic E-state index is 0.111. The highest BCUT2D eigenvalue weighted by atomic mass is 35.5. The van der Waals surface area contributed by atoms with E-state index in [4.69, 9.17) is 16.3 Å². The predicted molar refractivity (Wildman–Crippen MR) is 106 cm³/mol. The van der Waals surface area contributed by atoms with Gasteiger partial charge in [0.25, 0.3) is 0 Å². The number of amides is 1. The summed E-state index contributed by atoms with van der Waals surface area (Å²) in [5.41, 5.74) is 1.38. The summed E-state index contributed by atoms with van der Waals surface area (Å²) < 4.78 is 5.14. The van der Waals surface area contributed by atoms with Crippen LogP contribution in [0.25, 0.3) is 0 Å². The molecule has 1 amide bonds. The van der Waals surface area contributed by atoms with Gasteiger partial charge in [0.1, 0.15) is 12.7 Å². The molecular weight excluding hydrogens is 386 g/mol. The van der Waals surface area contributed by atoms with Gasteiger partial charge in [-0.2, -0.15) is 0 Å². The van der Waals surface area contributed by atoms with Crippen LogP contribution in [0.1, 0.15) is 30.1 Å². The zero-order chi connectivity index (χ0) is 19.2. The molecule has 1 fully saturated rings. The molecule has 0 saturated heterocycles. The standard InChI is InChI=1S/C20H22ClNO4S/c21-16-10-14(6-9-18(16)27-15-7-8-15)19(24)17(11-23)22-20(25)26-12-13-4-2-1-3-5-13/h1-6,9-10,15,17,19,23-24H,7-8,11-12H2,(H,22,25)/t17-,19-/m1/s1. The minimum Gasteiger partial charge on any atom is -0.445 e. The van der Waals surface area contributed by atoms with Crippen LogP contribution < -0.4 is 5.32 Å². The molecule has 144 valence electrons. The third kappa shape index (κ3) is 5.87. The SMILES string of the molecule is O=C(N[C@H](CO)[C@H](O)c1ccc(SC2CC2)c(Cl)c1)OCc1ccccc1. The number of carbonyl (C=O) groups excluding carboxylic acids is 1. The molecule has 7 heteroatoms. The summed E-state index contributed by atoms with van der Waals surface area (Å²) in [6, 6.07) is 13.7. The molecule has 3 N–H and O–H groups in total. The van der Waals surface area contributed by atoms with Crippen molar-refractivity contribution in [2.24, 2.45) is 0 Å². The van der Waals surface area contributed by atoms with Crippen molar-refractivity contribution in [2.75, 3.05) is 6.61 Å². The minimum atomic E-state index is -1.10. The van der Waals surface area contributed by atoms with Crippen LogP contribution in [0.15, 0.2) is 53.4 Å². The first-order chi connectivity index (χ1) is 13.1. The molecule has 5 nitrogen and oxygen atoms in total. The second-order valence-electron chi connectivity index (χ2n) is 6.45. The Kier molecular flexibility index (Phi) is 7.01. The van der Waals surface area contributed by atoms with Gasteiger partial charge in [-0.15, -0.1) is 11.8 Å². The van der Waals surface area contributed by atoms with Crippen molar-refractivity contribution in [3.8, 4) is 0 Å². The van der Waals surface area contributed by atoms with Gasteiger partial charge in [0, 0.05) is 10.1 Å². The Labute approximate surface area is 167 Å². The summed E-state index contributed by atoms with van der Waals surface area (Å²) >= 11 is 8.04. The molecule has 3 rings (SSSR count). The van der Waals surface area contributed by atoms with Crippen LogP contribution in [-0.2, 0) is 11.3 Å². The van der Waals surface area contributed by atoms with E-state index in [0.29, 0.717) is 15.8 Å². The van der Waals surface area contributed by atoms with E-state index in [1.165, 1.54) is 12.8 Å². The summed E-state index contributed by atoms with van der Waals surface area (Å²) in [4.78, 5) is 13.0. The van der Waals surface area contributed by atoms with E-state index in [2.05, 4.69) is 5.32 Å². The Hall–Kier alpha value is -1.73. The number of aliphatic hydroxyl groups is 2. The Morgan fingerprint density at radius 3 is 2.63 bits per heavy atom. The van der Waals surface area contributed by atoms with Crippen LogP contribution in [0.3, 0.4) is 0 Å². The van der Waals surface area contributed by atoms with Gasteiger partial charge in [0.2, 0.25) is 0 Å². The number of alkyl carbamates (subject to hydrolysis) is 1. The van der Waals surface area contributed by atoms with E-state index in [1.807, 2.05) is 36.4 Å². The molecule has 2 aromatic rings. The number of hydrogen-bond acceptors (Lipinski definition) is 5. The van der Waals surface area contributed by atoms with Crippen LogP contribution in [0, 0.1) is 0 Å². The average Bonchev–Trinajstić information content (AvgIpc) is 3.50. The number of carbonyl (C=O) groups is 1. The van der Waals surface area contributed by atoms with E-state index >= 15 is 0 Å². The van der Waals surface area contributed by atoms with E-state index in [9.17, 15) is 15.0 Å². The molecule has 2 aromatic carbocycles. The molecule has 2 atom stereocenters. The lowest BCUT2D eigenvalue weighted by atomic mass is 10.0. The molecule has 0 spiro atoms. The number of halogens is 1. The van der Waals surface area contributed by atoms with Crippen LogP contribution in [0.4, 0.5) is 4.79 Å². The smallest absolute Gasteiger partial charge is 0.407 e. The fourth-order valence-corrected chi connectivity index (χ4v) is 3.91. The van der Waals surface area contributed by atoms with Crippen LogP contribution in [0.5, 0.6) is 0 Å². The summed E-state index contributed by atoms with van der Waals surface area (Å²) in [5.74, 6) is 0. The summed E-state index contributed by atoms with van der Waals surface area (Å²) in [6.07, 6.45) is 0.598. The average molecular weight is 408 g/mol. The summed E-state index contributed by atoms with van der Waals surface area (Å²) in [5, 5.41) is 23.8. The fourth-order valence-electron chi connectivity index (χ4n) is 2.53. The maximum atomic E-state index is 12.0. The molecule has 1 aliphatic rings. The van der Waals surface area contributed by atoms with Crippen molar-refractivity contribution in [1.29, 1.82) is 0 Å². The molecule has 0 aromatic heterocycles. The van der Waals surface area contributed by atoms with E-state index in [1.54, 1.807) is 23.9 Å². The molecule has 0 heterocycles. The third-order valence-corrected chi connectivity index (χ3v) is 6.05.